The van der Waals surface area contributed by atoms with Crippen LogP contribution in [-0.4, -0.2) is 69.8 Å². The van der Waals surface area contributed by atoms with Crippen molar-refractivity contribution < 1.29 is 33.0 Å². The van der Waals surface area contributed by atoms with Gasteiger partial charge in [0.15, 0.2) is 0 Å². The van der Waals surface area contributed by atoms with Crippen LogP contribution < -0.4 is 10.2 Å². The Morgan fingerprint density at radius 2 is 1.97 bits per heavy atom. The predicted octanol–water partition coefficient (Wildman–Crippen LogP) is 2.96. The lowest BCUT2D eigenvalue weighted by atomic mass is 10.0. The molecule has 10 nitrogen and oxygen atoms in total. The third-order valence-corrected chi connectivity index (χ3v) is 6.34. The second kappa shape index (κ2) is 9.19. The summed E-state index contributed by atoms with van der Waals surface area (Å²) in [5, 5.41) is 11.5. The van der Waals surface area contributed by atoms with Crippen LogP contribution in [0, 0.1) is 18.6 Å². The molecule has 0 radical (unpaired) electrons. The molecule has 0 saturated carbocycles. The number of fused-ring (bicyclic) bond motifs is 1. The minimum Gasteiger partial charge on any atom is -0.465 e. The number of aromatic nitrogens is 2. The lowest BCUT2D eigenvalue weighted by Gasteiger charge is -2.31. The number of morpholine rings is 1. The van der Waals surface area contributed by atoms with Crippen molar-refractivity contribution in [3.63, 3.8) is 0 Å². The average molecular weight is 499 g/mol. The third kappa shape index (κ3) is 4.35. The number of nitrogens with one attached hydrogen (secondary N) is 1. The molecule has 12 heteroatoms. The Hall–Kier alpha value is -4.06. The minimum absolute atomic E-state index is 0.000874. The molecule has 1 aromatic carbocycles. The summed E-state index contributed by atoms with van der Waals surface area (Å²) in [5.41, 5.74) is 1.52. The number of amides is 4. The fourth-order valence-electron chi connectivity index (χ4n) is 4.58. The Morgan fingerprint density at radius 3 is 2.67 bits per heavy atom. The van der Waals surface area contributed by atoms with E-state index >= 15 is 8.78 Å². The third-order valence-electron chi connectivity index (χ3n) is 6.34. The number of carboxylic acid groups (broad SMARTS) is 1. The van der Waals surface area contributed by atoms with Gasteiger partial charge < -0.3 is 19.1 Å². The highest BCUT2D eigenvalue weighted by Crippen LogP contribution is 2.34. The number of hydrogen-bond acceptors (Lipinski definition) is 5. The molecule has 4 heterocycles. The molecule has 0 unspecified atom stereocenters. The Morgan fingerprint density at radius 1 is 1.22 bits per heavy atom. The van der Waals surface area contributed by atoms with E-state index in [-0.39, 0.29) is 56.0 Å². The van der Waals surface area contributed by atoms with Gasteiger partial charge in [0, 0.05) is 32.1 Å². The Labute approximate surface area is 204 Å². The summed E-state index contributed by atoms with van der Waals surface area (Å²) in [6.45, 7) is 2.43. The molecular formula is C24H23F2N5O5. The maximum atomic E-state index is 15.5. The normalized spacial score (nSPS) is 18.6. The number of anilines is 1. The number of halogens is 2. The monoisotopic (exact) mass is 499 g/mol. The first kappa shape index (κ1) is 23.7. The second-order valence-electron chi connectivity index (χ2n) is 8.80. The van der Waals surface area contributed by atoms with Crippen LogP contribution in [0.25, 0.3) is 16.9 Å². The maximum absolute atomic E-state index is 15.5. The average Bonchev–Trinajstić information content (AvgIpc) is 3.15. The van der Waals surface area contributed by atoms with Crippen LogP contribution in [0.3, 0.4) is 0 Å². The first-order valence-corrected chi connectivity index (χ1v) is 11.4. The molecule has 5 rings (SSSR count). The maximum Gasteiger partial charge on any atom is 0.407 e. The number of benzene rings is 1. The zero-order valence-electron chi connectivity index (χ0n) is 19.3. The minimum atomic E-state index is -1.06. The molecule has 0 spiro atoms. The van der Waals surface area contributed by atoms with Crippen molar-refractivity contribution in [1.82, 2.24) is 19.6 Å². The summed E-state index contributed by atoms with van der Waals surface area (Å²) < 4.78 is 38.4. The fourth-order valence-corrected chi connectivity index (χ4v) is 4.58. The van der Waals surface area contributed by atoms with Gasteiger partial charge in [0.2, 0.25) is 5.91 Å². The van der Waals surface area contributed by atoms with Gasteiger partial charge in [-0.15, -0.1) is 0 Å². The molecule has 2 aliphatic rings. The van der Waals surface area contributed by atoms with E-state index in [4.69, 9.17) is 4.74 Å². The first-order chi connectivity index (χ1) is 17.2. The second-order valence-corrected chi connectivity index (χ2v) is 8.80. The standard InChI is InChI=1S/C24H23F2N5O5/c1-13-2-4-31-18(11-15-12-29(24(34)35)6-7-36-15)22(27-19(31)8-13)21-16(25)9-14(10-17(21)26)30-5-3-20(32)28-23(30)33/h2,4,8-10,15H,3,5-7,11-12H2,1H3,(H,34,35)(H,28,32,33)/t15-/m0/s1. The van der Waals surface area contributed by atoms with Crippen molar-refractivity contribution in [1.29, 1.82) is 0 Å². The lowest BCUT2D eigenvalue weighted by molar-refractivity contribution is -0.120. The number of ether oxygens (including phenoxy) is 1. The number of pyridine rings is 1. The topological polar surface area (TPSA) is 116 Å². The van der Waals surface area contributed by atoms with Crippen molar-refractivity contribution in [2.45, 2.75) is 25.9 Å². The van der Waals surface area contributed by atoms with Crippen molar-refractivity contribution in [2.24, 2.45) is 0 Å². The van der Waals surface area contributed by atoms with Crippen LogP contribution in [0.4, 0.5) is 24.1 Å². The van der Waals surface area contributed by atoms with Gasteiger partial charge in [0.1, 0.15) is 17.3 Å². The van der Waals surface area contributed by atoms with Gasteiger partial charge in [-0.05, 0) is 36.8 Å². The number of aryl methyl sites for hydroxylation is 1. The molecule has 36 heavy (non-hydrogen) atoms. The van der Waals surface area contributed by atoms with Gasteiger partial charge in [0.05, 0.1) is 41.9 Å². The number of urea groups is 1. The fraction of sp³-hybridized carbons (Fsp3) is 0.333. The summed E-state index contributed by atoms with van der Waals surface area (Å²) in [5.74, 6) is -2.30. The molecule has 2 aliphatic heterocycles. The molecule has 0 aliphatic carbocycles. The molecule has 2 N–H and O–H groups in total. The van der Waals surface area contributed by atoms with E-state index in [1.54, 1.807) is 16.7 Å². The summed E-state index contributed by atoms with van der Waals surface area (Å²) in [7, 11) is 0. The summed E-state index contributed by atoms with van der Waals surface area (Å²) >= 11 is 0. The van der Waals surface area contributed by atoms with Gasteiger partial charge >= 0.3 is 12.1 Å². The number of nitrogens with zero attached hydrogens (tertiary/aromatic N) is 4. The van der Waals surface area contributed by atoms with Gasteiger partial charge in [-0.25, -0.2) is 23.4 Å². The van der Waals surface area contributed by atoms with E-state index in [1.165, 1.54) is 4.90 Å². The Bertz CT molecular complexity index is 1370. The smallest absolute Gasteiger partial charge is 0.407 e. The van der Waals surface area contributed by atoms with Crippen LogP contribution in [0.1, 0.15) is 17.7 Å². The number of rotatable bonds is 4. The van der Waals surface area contributed by atoms with E-state index in [9.17, 15) is 19.5 Å². The zero-order chi connectivity index (χ0) is 25.6. The van der Waals surface area contributed by atoms with Gasteiger partial charge in [0.25, 0.3) is 0 Å². The number of imide groups is 1. The summed E-state index contributed by atoms with van der Waals surface area (Å²) in [6, 6.07) is 4.93. The van der Waals surface area contributed by atoms with Crippen molar-refractivity contribution in [3.05, 3.63) is 53.4 Å². The molecular weight excluding hydrogens is 476 g/mol. The Kier molecular flexibility index (Phi) is 6.04. The highest BCUT2D eigenvalue weighted by molar-refractivity contribution is 6.05. The van der Waals surface area contributed by atoms with E-state index in [1.807, 2.05) is 13.0 Å². The van der Waals surface area contributed by atoms with E-state index < -0.39 is 35.8 Å². The molecule has 2 fully saturated rings. The van der Waals surface area contributed by atoms with Crippen molar-refractivity contribution in [2.75, 3.05) is 31.1 Å². The summed E-state index contributed by atoms with van der Waals surface area (Å²) in [4.78, 5) is 41.9. The number of carbonyl (C=O) groups excluding carboxylic acids is 2. The zero-order valence-corrected chi connectivity index (χ0v) is 19.3. The molecule has 2 saturated heterocycles. The van der Waals surface area contributed by atoms with Crippen molar-refractivity contribution >= 4 is 29.4 Å². The first-order valence-electron chi connectivity index (χ1n) is 11.4. The van der Waals surface area contributed by atoms with Crippen LogP contribution in [0.5, 0.6) is 0 Å². The molecule has 3 aromatic rings. The highest BCUT2D eigenvalue weighted by atomic mass is 19.1. The number of imidazole rings is 1. The van der Waals surface area contributed by atoms with E-state index in [0.29, 0.717) is 11.3 Å². The van der Waals surface area contributed by atoms with E-state index in [0.717, 1.165) is 22.6 Å². The molecule has 2 aromatic heterocycles. The van der Waals surface area contributed by atoms with Crippen LogP contribution in [-0.2, 0) is 16.0 Å². The van der Waals surface area contributed by atoms with Gasteiger partial charge in [-0.1, -0.05) is 0 Å². The molecule has 4 amide bonds. The quantitative estimate of drug-likeness (QED) is 0.570. The van der Waals surface area contributed by atoms with Gasteiger partial charge in [-0.2, -0.15) is 0 Å². The predicted molar refractivity (Wildman–Crippen MR) is 124 cm³/mol. The summed E-state index contributed by atoms with van der Waals surface area (Å²) in [6.07, 6.45) is 0.332. The molecule has 1 atom stereocenters. The highest BCUT2D eigenvalue weighted by Gasteiger charge is 2.30. The largest absolute Gasteiger partial charge is 0.465 e. The molecule has 188 valence electrons. The number of hydrogen-bond donors (Lipinski definition) is 2. The van der Waals surface area contributed by atoms with E-state index in [2.05, 4.69) is 10.3 Å². The SMILES string of the molecule is Cc1ccn2c(C[C@H]3CN(C(=O)O)CCO3)c(-c3c(F)cc(N4CCC(=O)NC4=O)cc3F)nc2c1. The van der Waals surface area contributed by atoms with Crippen molar-refractivity contribution in [3.8, 4) is 11.3 Å². The van der Waals surface area contributed by atoms with Crippen LogP contribution in [0.2, 0.25) is 0 Å². The van der Waals surface area contributed by atoms with Crippen LogP contribution in [0.15, 0.2) is 30.5 Å². The lowest BCUT2D eigenvalue weighted by Crippen LogP contribution is -2.49. The number of carbonyl (C=O) groups is 3. The Balaban J connectivity index is 1.56. The van der Waals surface area contributed by atoms with Gasteiger partial charge in [-0.3, -0.25) is 15.0 Å². The molecule has 0 bridgehead atoms. The van der Waals surface area contributed by atoms with Crippen LogP contribution >= 0.6 is 0 Å².